The summed E-state index contributed by atoms with van der Waals surface area (Å²) in [5.41, 5.74) is 1.60. The monoisotopic (exact) mass is 434 g/mol. The number of anilines is 2. The highest BCUT2D eigenvalue weighted by Gasteiger charge is 2.14. The Morgan fingerprint density at radius 2 is 1.74 bits per heavy atom. The Kier molecular flexibility index (Phi) is 7.82. The van der Waals surface area contributed by atoms with Gasteiger partial charge in [0, 0.05) is 28.9 Å². The fourth-order valence-corrected chi connectivity index (χ4v) is 2.56. The maximum absolute atomic E-state index is 12.7. The minimum absolute atomic E-state index is 0.0840. The first-order valence-corrected chi connectivity index (χ1v) is 9.33. The fraction of sp³-hybridized carbons (Fsp3) is 0.300. The van der Waals surface area contributed by atoms with E-state index in [0.29, 0.717) is 35.9 Å². The van der Waals surface area contributed by atoms with Crippen molar-refractivity contribution in [3.63, 3.8) is 0 Å². The number of amides is 2. The summed E-state index contributed by atoms with van der Waals surface area (Å²) in [7, 11) is 1.59. The van der Waals surface area contributed by atoms with Crippen LogP contribution in [0.3, 0.4) is 0 Å². The molecule has 0 atom stereocenters. The number of methoxy groups -OCH3 is 1. The molecule has 0 aliphatic heterocycles. The molecule has 2 amide bonds. The van der Waals surface area contributed by atoms with Gasteiger partial charge in [-0.15, -0.1) is 0 Å². The number of halogens is 1. The van der Waals surface area contributed by atoms with E-state index in [0.717, 1.165) is 4.47 Å². The number of nitrogens with one attached hydrogen (secondary N) is 2. The fourth-order valence-electron chi connectivity index (χ4n) is 2.20. The van der Waals surface area contributed by atoms with Gasteiger partial charge >= 0.3 is 0 Å². The van der Waals surface area contributed by atoms with E-state index < -0.39 is 0 Å². The van der Waals surface area contributed by atoms with Crippen LogP contribution in [0.4, 0.5) is 11.4 Å². The van der Waals surface area contributed by atoms with Crippen LogP contribution in [0.5, 0.6) is 5.75 Å². The Labute approximate surface area is 167 Å². The summed E-state index contributed by atoms with van der Waals surface area (Å²) in [5.74, 6) is -0.0518. The van der Waals surface area contributed by atoms with Crippen LogP contribution in [0.2, 0.25) is 0 Å². The van der Waals surface area contributed by atoms with Gasteiger partial charge in [-0.3, -0.25) is 9.59 Å². The van der Waals surface area contributed by atoms with Crippen molar-refractivity contribution in [2.45, 2.75) is 13.8 Å². The second kappa shape index (κ2) is 10.1. The molecule has 0 aliphatic rings. The van der Waals surface area contributed by atoms with Crippen LogP contribution < -0.4 is 15.4 Å². The van der Waals surface area contributed by atoms with E-state index in [1.165, 1.54) is 0 Å². The molecule has 144 valence electrons. The standard InChI is InChI=1S/C20H23BrN2O4/c1-13(2)19(24)22-15-5-4-6-16(12-15)23-20(25)17-11-14(21)7-8-18(17)27-10-9-26-3/h4-8,11-13H,9-10H2,1-3H3,(H,22,24)(H,23,25). The van der Waals surface area contributed by atoms with Crippen molar-refractivity contribution in [1.82, 2.24) is 0 Å². The molecule has 0 unspecified atom stereocenters. The van der Waals surface area contributed by atoms with Crippen LogP contribution >= 0.6 is 15.9 Å². The maximum atomic E-state index is 12.7. The Hall–Kier alpha value is -2.38. The number of hydrogen-bond acceptors (Lipinski definition) is 4. The van der Waals surface area contributed by atoms with Gasteiger partial charge in [0.1, 0.15) is 12.4 Å². The zero-order valence-electron chi connectivity index (χ0n) is 15.5. The maximum Gasteiger partial charge on any atom is 0.259 e. The molecule has 2 N–H and O–H groups in total. The molecule has 0 saturated heterocycles. The van der Waals surface area contributed by atoms with Gasteiger partial charge in [-0.05, 0) is 36.4 Å². The van der Waals surface area contributed by atoms with Crippen molar-refractivity contribution in [2.75, 3.05) is 31.0 Å². The summed E-state index contributed by atoms with van der Waals surface area (Å²) in [6.45, 7) is 4.41. The predicted molar refractivity (Wildman–Crippen MR) is 109 cm³/mol. The van der Waals surface area contributed by atoms with Crippen LogP contribution in [-0.4, -0.2) is 32.1 Å². The minimum Gasteiger partial charge on any atom is -0.490 e. The number of ether oxygens (including phenoxy) is 2. The van der Waals surface area contributed by atoms with Crippen molar-refractivity contribution < 1.29 is 19.1 Å². The van der Waals surface area contributed by atoms with Gasteiger partial charge in [0.05, 0.1) is 12.2 Å². The second-order valence-corrected chi connectivity index (χ2v) is 7.08. The molecule has 0 aromatic heterocycles. The Bertz CT molecular complexity index is 808. The summed E-state index contributed by atoms with van der Waals surface area (Å²) in [4.78, 5) is 24.6. The quantitative estimate of drug-likeness (QED) is 0.606. The average Bonchev–Trinajstić information content (AvgIpc) is 2.63. The second-order valence-electron chi connectivity index (χ2n) is 6.16. The number of rotatable bonds is 8. The highest BCUT2D eigenvalue weighted by atomic mass is 79.9. The van der Waals surface area contributed by atoms with Gasteiger partial charge in [0.2, 0.25) is 5.91 Å². The Balaban J connectivity index is 2.15. The lowest BCUT2D eigenvalue weighted by molar-refractivity contribution is -0.118. The molecule has 0 fully saturated rings. The molecule has 7 heteroatoms. The Morgan fingerprint density at radius 1 is 1.04 bits per heavy atom. The van der Waals surface area contributed by atoms with Gasteiger partial charge in [-0.25, -0.2) is 0 Å². The Morgan fingerprint density at radius 3 is 2.41 bits per heavy atom. The third-order valence-corrected chi connectivity index (χ3v) is 4.14. The highest BCUT2D eigenvalue weighted by Crippen LogP contribution is 2.25. The molecule has 0 heterocycles. The number of benzene rings is 2. The molecule has 0 aliphatic carbocycles. The summed E-state index contributed by atoms with van der Waals surface area (Å²) >= 11 is 3.38. The molecular formula is C20H23BrN2O4. The van der Waals surface area contributed by atoms with E-state index in [9.17, 15) is 9.59 Å². The minimum atomic E-state index is -0.309. The SMILES string of the molecule is COCCOc1ccc(Br)cc1C(=O)Nc1cccc(NC(=O)C(C)C)c1. The van der Waals surface area contributed by atoms with Gasteiger partial charge in [0.15, 0.2) is 0 Å². The van der Waals surface area contributed by atoms with E-state index in [1.54, 1.807) is 49.6 Å². The van der Waals surface area contributed by atoms with E-state index in [1.807, 2.05) is 13.8 Å². The van der Waals surface area contributed by atoms with Crippen molar-refractivity contribution in [1.29, 1.82) is 0 Å². The molecule has 2 aromatic carbocycles. The molecule has 2 rings (SSSR count). The van der Waals surface area contributed by atoms with Gasteiger partial charge in [-0.1, -0.05) is 35.8 Å². The largest absolute Gasteiger partial charge is 0.490 e. The molecule has 0 bridgehead atoms. The third-order valence-electron chi connectivity index (χ3n) is 3.64. The first kappa shape index (κ1) is 20.9. The van der Waals surface area contributed by atoms with Crippen molar-refractivity contribution in [2.24, 2.45) is 5.92 Å². The highest BCUT2D eigenvalue weighted by molar-refractivity contribution is 9.10. The number of carbonyl (C=O) groups is 2. The van der Waals surface area contributed by atoms with Gasteiger partial charge in [0.25, 0.3) is 5.91 Å². The average molecular weight is 435 g/mol. The first-order valence-electron chi connectivity index (χ1n) is 8.54. The molecular weight excluding hydrogens is 412 g/mol. The predicted octanol–water partition coefficient (Wildman–Crippen LogP) is 4.32. The molecule has 6 nitrogen and oxygen atoms in total. The smallest absolute Gasteiger partial charge is 0.259 e. The topological polar surface area (TPSA) is 76.7 Å². The van der Waals surface area contributed by atoms with E-state index in [2.05, 4.69) is 26.6 Å². The van der Waals surface area contributed by atoms with Crippen LogP contribution in [-0.2, 0) is 9.53 Å². The third kappa shape index (κ3) is 6.37. The van der Waals surface area contributed by atoms with E-state index >= 15 is 0 Å². The summed E-state index contributed by atoms with van der Waals surface area (Å²) in [5, 5.41) is 5.65. The van der Waals surface area contributed by atoms with Crippen LogP contribution in [0.15, 0.2) is 46.9 Å². The van der Waals surface area contributed by atoms with E-state index in [4.69, 9.17) is 9.47 Å². The van der Waals surface area contributed by atoms with Crippen molar-refractivity contribution in [3.05, 3.63) is 52.5 Å². The molecule has 0 saturated carbocycles. The number of carbonyl (C=O) groups excluding carboxylic acids is 2. The molecule has 0 spiro atoms. The first-order chi connectivity index (χ1) is 12.9. The van der Waals surface area contributed by atoms with E-state index in [-0.39, 0.29) is 17.7 Å². The lowest BCUT2D eigenvalue weighted by Crippen LogP contribution is -2.18. The van der Waals surface area contributed by atoms with Crippen molar-refractivity contribution >= 4 is 39.1 Å². The molecule has 0 radical (unpaired) electrons. The molecule has 27 heavy (non-hydrogen) atoms. The summed E-state index contributed by atoms with van der Waals surface area (Å²) < 4.78 is 11.4. The van der Waals surface area contributed by atoms with Crippen LogP contribution in [0, 0.1) is 5.92 Å². The van der Waals surface area contributed by atoms with Crippen molar-refractivity contribution in [3.8, 4) is 5.75 Å². The van der Waals surface area contributed by atoms with Crippen LogP contribution in [0.25, 0.3) is 0 Å². The zero-order valence-corrected chi connectivity index (χ0v) is 17.1. The zero-order chi connectivity index (χ0) is 19.8. The number of hydrogen-bond donors (Lipinski definition) is 2. The normalized spacial score (nSPS) is 10.6. The van der Waals surface area contributed by atoms with Gasteiger partial charge < -0.3 is 20.1 Å². The lowest BCUT2D eigenvalue weighted by atomic mass is 10.1. The van der Waals surface area contributed by atoms with Gasteiger partial charge in [-0.2, -0.15) is 0 Å². The van der Waals surface area contributed by atoms with Crippen LogP contribution in [0.1, 0.15) is 24.2 Å². The summed E-state index contributed by atoms with van der Waals surface area (Å²) in [6.07, 6.45) is 0. The lowest BCUT2D eigenvalue weighted by Gasteiger charge is -2.13. The summed E-state index contributed by atoms with van der Waals surface area (Å²) in [6, 6.07) is 12.2. The molecule has 2 aromatic rings.